The van der Waals surface area contributed by atoms with Gasteiger partial charge in [0.15, 0.2) is 0 Å². The molecule has 0 bridgehead atoms. The van der Waals surface area contributed by atoms with E-state index in [2.05, 4.69) is 15.3 Å². The second kappa shape index (κ2) is 6.22. The molecule has 0 fully saturated rings. The molecule has 0 saturated heterocycles. The fourth-order valence-electron chi connectivity index (χ4n) is 2.01. The van der Waals surface area contributed by atoms with Gasteiger partial charge in [-0.25, -0.2) is 0 Å². The number of nitrogens with zero attached hydrogens (tertiary/aromatic N) is 2. The van der Waals surface area contributed by atoms with Crippen LogP contribution in [0.2, 0.25) is 0 Å². The number of halogens is 3. The van der Waals surface area contributed by atoms with Crippen LogP contribution in [0, 0.1) is 6.92 Å². The SMILES string of the molecule is CCNC(c1ccc(C(F)(F)F)cc1)c1cnc(C)cn1. The number of alkyl halides is 3. The molecule has 6 heteroatoms. The van der Waals surface area contributed by atoms with E-state index in [9.17, 15) is 13.2 Å². The summed E-state index contributed by atoms with van der Waals surface area (Å²) in [7, 11) is 0. The molecule has 1 N–H and O–H groups in total. The van der Waals surface area contributed by atoms with Gasteiger partial charge < -0.3 is 5.32 Å². The number of nitrogens with one attached hydrogen (secondary N) is 1. The summed E-state index contributed by atoms with van der Waals surface area (Å²) in [4.78, 5) is 8.48. The Hall–Kier alpha value is -1.95. The van der Waals surface area contributed by atoms with Crippen LogP contribution in [0.3, 0.4) is 0 Å². The Balaban J connectivity index is 2.32. The number of benzene rings is 1. The predicted octanol–water partition coefficient (Wildman–Crippen LogP) is 3.50. The summed E-state index contributed by atoms with van der Waals surface area (Å²) >= 11 is 0. The molecule has 1 aromatic heterocycles. The largest absolute Gasteiger partial charge is 0.416 e. The first kappa shape index (κ1) is 15.4. The van der Waals surface area contributed by atoms with Gasteiger partial charge in [0.2, 0.25) is 0 Å². The van der Waals surface area contributed by atoms with Crippen LogP contribution in [0.1, 0.15) is 35.5 Å². The second-order valence-corrected chi connectivity index (χ2v) is 4.69. The Labute approximate surface area is 121 Å². The van der Waals surface area contributed by atoms with E-state index < -0.39 is 11.7 Å². The van der Waals surface area contributed by atoms with Gasteiger partial charge in [0.25, 0.3) is 0 Å². The van der Waals surface area contributed by atoms with Gasteiger partial charge in [-0.05, 0) is 31.2 Å². The molecule has 1 heterocycles. The van der Waals surface area contributed by atoms with E-state index in [1.165, 1.54) is 12.1 Å². The first-order valence-electron chi connectivity index (χ1n) is 6.61. The number of aromatic nitrogens is 2. The molecule has 0 aliphatic heterocycles. The lowest BCUT2D eigenvalue weighted by Gasteiger charge is -2.18. The topological polar surface area (TPSA) is 37.8 Å². The fraction of sp³-hybridized carbons (Fsp3) is 0.333. The van der Waals surface area contributed by atoms with E-state index in [0.29, 0.717) is 12.2 Å². The highest BCUT2D eigenvalue weighted by Crippen LogP contribution is 2.30. The minimum absolute atomic E-state index is 0.273. The molecule has 0 amide bonds. The molecule has 2 aromatic rings. The van der Waals surface area contributed by atoms with Crippen LogP contribution in [0.4, 0.5) is 13.2 Å². The Bertz CT molecular complexity index is 577. The van der Waals surface area contributed by atoms with Gasteiger partial charge >= 0.3 is 6.18 Å². The maximum absolute atomic E-state index is 12.6. The average molecular weight is 295 g/mol. The van der Waals surface area contributed by atoms with Crippen molar-refractivity contribution in [3.05, 3.63) is 59.2 Å². The molecule has 1 atom stereocenters. The summed E-state index contributed by atoms with van der Waals surface area (Å²) in [5.74, 6) is 0. The Morgan fingerprint density at radius 1 is 1.10 bits per heavy atom. The number of hydrogen-bond donors (Lipinski definition) is 1. The molecule has 0 saturated carbocycles. The lowest BCUT2D eigenvalue weighted by atomic mass is 10.0. The zero-order valence-corrected chi connectivity index (χ0v) is 11.8. The van der Waals surface area contributed by atoms with Crippen LogP contribution in [0.25, 0.3) is 0 Å². The minimum Gasteiger partial charge on any atom is -0.305 e. The van der Waals surface area contributed by atoms with E-state index in [4.69, 9.17) is 0 Å². The van der Waals surface area contributed by atoms with Crippen LogP contribution >= 0.6 is 0 Å². The fourth-order valence-corrected chi connectivity index (χ4v) is 2.01. The molecule has 1 aromatic carbocycles. The molecular formula is C15H16F3N3. The van der Waals surface area contributed by atoms with Crippen molar-refractivity contribution in [2.75, 3.05) is 6.54 Å². The summed E-state index contributed by atoms with van der Waals surface area (Å²) in [5.41, 5.74) is 1.54. The van der Waals surface area contributed by atoms with Gasteiger partial charge in [-0.1, -0.05) is 19.1 Å². The molecule has 0 aliphatic carbocycles. The smallest absolute Gasteiger partial charge is 0.305 e. The van der Waals surface area contributed by atoms with Crippen molar-refractivity contribution in [1.82, 2.24) is 15.3 Å². The third kappa shape index (κ3) is 3.78. The number of hydrogen-bond acceptors (Lipinski definition) is 3. The van der Waals surface area contributed by atoms with E-state index in [-0.39, 0.29) is 6.04 Å². The van der Waals surface area contributed by atoms with Gasteiger partial charge in [-0.3, -0.25) is 9.97 Å². The maximum atomic E-state index is 12.6. The highest BCUT2D eigenvalue weighted by Gasteiger charge is 2.30. The van der Waals surface area contributed by atoms with Gasteiger partial charge in [0, 0.05) is 6.20 Å². The first-order chi connectivity index (χ1) is 9.91. The normalized spacial score (nSPS) is 13.2. The van der Waals surface area contributed by atoms with Gasteiger partial charge in [-0.15, -0.1) is 0 Å². The van der Waals surface area contributed by atoms with Crippen LogP contribution in [0.5, 0.6) is 0 Å². The molecular weight excluding hydrogens is 279 g/mol. The van der Waals surface area contributed by atoms with E-state index >= 15 is 0 Å². The van der Waals surface area contributed by atoms with Crippen molar-refractivity contribution in [2.45, 2.75) is 26.1 Å². The Morgan fingerprint density at radius 2 is 1.76 bits per heavy atom. The van der Waals surface area contributed by atoms with Crippen molar-refractivity contribution >= 4 is 0 Å². The molecule has 0 spiro atoms. The van der Waals surface area contributed by atoms with Crippen molar-refractivity contribution in [1.29, 1.82) is 0 Å². The first-order valence-corrected chi connectivity index (χ1v) is 6.61. The van der Waals surface area contributed by atoms with Crippen molar-refractivity contribution in [3.63, 3.8) is 0 Å². The molecule has 1 unspecified atom stereocenters. The number of rotatable bonds is 4. The second-order valence-electron chi connectivity index (χ2n) is 4.69. The van der Waals surface area contributed by atoms with Crippen molar-refractivity contribution < 1.29 is 13.2 Å². The van der Waals surface area contributed by atoms with Crippen LogP contribution in [-0.2, 0) is 6.18 Å². The summed E-state index contributed by atoms with van der Waals surface area (Å²) < 4.78 is 37.8. The predicted molar refractivity (Wildman–Crippen MR) is 73.7 cm³/mol. The van der Waals surface area contributed by atoms with E-state index in [1.54, 1.807) is 12.4 Å². The third-order valence-corrected chi connectivity index (χ3v) is 3.08. The van der Waals surface area contributed by atoms with E-state index in [1.807, 2.05) is 13.8 Å². The standard InChI is InChI=1S/C15H16F3N3/c1-3-19-14(13-9-20-10(2)8-21-13)11-4-6-12(7-5-11)15(16,17)18/h4-9,14,19H,3H2,1-2H3. The Kier molecular flexibility index (Phi) is 4.57. The summed E-state index contributed by atoms with van der Waals surface area (Å²) in [6.07, 6.45) is -1.04. The lowest BCUT2D eigenvalue weighted by molar-refractivity contribution is -0.137. The van der Waals surface area contributed by atoms with Crippen LogP contribution < -0.4 is 5.32 Å². The van der Waals surface area contributed by atoms with Gasteiger partial charge in [-0.2, -0.15) is 13.2 Å². The maximum Gasteiger partial charge on any atom is 0.416 e. The van der Waals surface area contributed by atoms with Crippen LogP contribution in [-0.4, -0.2) is 16.5 Å². The molecule has 3 nitrogen and oxygen atoms in total. The zero-order chi connectivity index (χ0) is 15.5. The molecule has 0 radical (unpaired) electrons. The Morgan fingerprint density at radius 3 is 2.24 bits per heavy atom. The van der Waals surface area contributed by atoms with Crippen molar-refractivity contribution in [2.24, 2.45) is 0 Å². The summed E-state index contributed by atoms with van der Waals surface area (Å²) in [6.45, 7) is 4.43. The highest BCUT2D eigenvalue weighted by molar-refractivity contribution is 5.31. The minimum atomic E-state index is -4.32. The van der Waals surface area contributed by atoms with Crippen molar-refractivity contribution in [3.8, 4) is 0 Å². The molecule has 112 valence electrons. The average Bonchev–Trinajstić information content (AvgIpc) is 2.45. The molecule has 2 rings (SSSR count). The third-order valence-electron chi connectivity index (χ3n) is 3.08. The molecule has 0 aliphatic rings. The summed E-state index contributed by atoms with van der Waals surface area (Å²) in [6, 6.07) is 4.84. The number of aryl methyl sites for hydroxylation is 1. The molecule has 21 heavy (non-hydrogen) atoms. The quantitative estimate of drug-likeness (QED) is 0.938. The van der Waals surface area contributed by atoms with E-state index in [0.717, 1.165) is 23.4 Å². The zero-order valence-electron chi connectivity index (χ0n) is 11.8. The van der Waals surface area contributed by atoms with Gasteiger partial charge in [0.1, 0.15) is 0 Å². The highest BCUT2D eigenvalue weighted by atomic mass is 19.4. The summed E-state index contributed by atoms with van der Waals surface area (Å²) in [5, 5.41) is 3.21. The van der Waals surface area contributed by atoms with Crippen LogP contribution in [0.15, 0.2) is 36.7 Å². The monoisotopic (exact) mass is 295 g/mol. The lowest BCUT2D eigenvalue weighted by Crippen LogP contribution is -2.23. The van der Waals surface area contributed by atoms with Gasteiger partial charge in [0.05, 0.1) is 29.2 Å².